The maximum atomic E-state index is 14.2. The molecular formula is C15H23FN4O. The number of nitrogens with zero attached hydrogens (tertiary/aromatic N) is 3. The lowest BCUT2D eigenvalue weighted by Crippen LogP contribution is -2.54. The second-order valence-corrected chi connectivity index (χ2v) is 6.22. The van der Waals surface area contributed by atoms with Crippen LogP contribution in [0.5, 0.6) is 0 Å². The summed E-state index contributed by atoms with van der Waals surface area (Å²) in [5.41, 5.74) is 0.176. The molecule has 0 aliphatic carbocycles. The van der Waals surface area contributed by atoms with Gasteiger partial charge in [-0.25, -0.2) is 9.37 Å². The number of hydrogen-bond donors (Lipinski definition) is 1. The van der Waals surface area contributed by atoms with Gasteiger partial charge in [-0.3, -0.25) is 9.69 Å². The number of hydrogen-bond acceptors (Lipinski definition) is 4. The minimum absolute atomic E-state index is 0.0820. The number of halogens is 1. The molecule has 0 saturated carbocycles. The molecule has 1 amide bonds. The highest BCUT2D eigenvalue weighted by molar-refractivity contribution is 5.95. The number of anilines is 1. The number of aromatic nitrogens is 1. The van der Waals surface area contributed by atoms with Crippen LogP contribution in [0.4, 0.5) is 10.2 Å². The molecule has 0 atom stereocenters. The Morgan fingerprint density at radius 2 is 1.90 bits per heavy atom. The van der Waals surface area contributed by atoms with Gasteiger partial charge in [0.05, 0.1) is 5.56 Å². The van der Waals surface area contributed by atoms with Crippen molar-refractivity contribution in [2.24, 2.45) is 0 Å². The highest BCUT2D eigenvalue weighted by Crippen LogP contribution is 2.20. The van der Waals surface area contributed by atoms with Crippen molar-refractivity contribution < 1.29 is 9.18 Å². The van der Waals surface area contributed by atoms with Gasteiger partial charge in [-0.1, -0.05) is 0 Å². The molecule has 1 saturated heterocycles. The molecule has 0 unspecified atom stereocenters. The van der Waals surface area contributed by atoms with Gasteiger partial charge < -0.3 is 10.2 Å². The predicted octanol–water partition coefficient (Wildman–Crippen LogP) is 1.82. The molecule has 21 heavy (non-hydrogen) atoms. The molecule has 1 aliphatic rings. The second kappa shape index (κ2) is 5.97. The van der Waals surface area contributed by atoms with E-state index in [0.717, 1.165) is 13.1 Å². The molecule has 116 valence electrons. The molecule has 1 aromatic rings. The standard InChI is InChI=1S/C15H23FN4O/c1-15(2,3)20-9-7-19(8-10-20)14(21)11-5-6-18-13(17-4)12(11)16/h5-6H,7-10H2,1-4H3,(H,17,18). The third-order valence-corrected chi connectivity index (χ3v) is 3.87. The smallest absolute Gasteiger partial charge is 0.257 e. The highest BCUT2D eigenvalue weighted by atomic mass is 19.1. The second-order valence-electron chi connectivity index (χ2n) is 6.22. The molecule has 0 radical (unpaired) electrons. The van der Waals surface area contributed by atoms with Gasteiger partial charge >= 0.3 is 0 Å². The molecule has 1 fully saturated rings. The normalized spacial score (nSPS) is 16.9. The number of pyridine rings is 1. The van der Waals surface area contributed by atoms with Crippen LogP contribution < -0.4 is 5.32 Å². The number of piperazine rings is 1. The highest BCUT2D eigenvalue weighted by Gasteiger charge is 2.29. The van der Waals surface area contributed by atoms with E-state index in [2.05, 4.69) is 36.0 Å². The number of amides is 1. The Balaban J connectivity index is 2.09. The predicted molar refractivity (Wildman–Crippen MR) is 81.0 cm³/mol. The fraction of sp³-hybridized carbons (Fsp3) is 0.600. The summed E-state index contributed by atoms with van der Waals surface area (Å²) in [6.45, 7) is 9.33. The molecule has 0 spiro atoms. The van der Waals surface area contributed by atoms with E-state index in [1.165, 1.54) is 12.3 Å². The van der Waals surface area contributed by atoms with Gasteiger partial charge in [0.15, 0.2) is 11.6 Å². The zero-order valence-electron chi connectivity index (χ0n) is 13.1. The van der Waals surface area contributed by atoms with Crippen LogP contribution >= 0.6 is 0 Å². The minimum atomic E-state index is -0.580. The molecule has 1 aromatic heterocycles. The topological polar surface area (TPSA) is 48.5 Å². The first-order valence-corrected chi connectivity index (χ1v) is 7.21. The quantitative estimate of drug-likeness (QED) is 0.904. The number of carbonyl (C=O) groups excluding carboxylic acids is 1. The summed E-state index contributed by atoms with van der Waals surface area (Å²) in [5, 5.41) is 2.66. The van der Waals surface area contributed by atoms with E-state index in [9.17, 15) is 9.18 Å². The van der Waals surface area contributed by atoms with Crippen molar-refractivity contribution in [3.63, 3.8) is 0 Å². The summed E-state index contributed by atoms with van der Waals surface area (Å²) in [7, 11) is 1.59. The first-order chi connectivity index (χ1) is 9.84. The van der Waals surface area contributed by atoms with Crippen LogP contribution in [-0.4, -0.2) is 59.5 Å². The van der Waals surface area contributed by atoms with E-state index in [1.54, 1.807) is 11.9 Å². The molecule has 0 bridgehead atoms. The Labute approximate surface area is 125 Å². The van der Waals surface area contributed by atoms with E-state index in [4.69, 9.17) is 0 Å². The fourth-order valence-corrected chi connectivity index (χ4v) is 2.53. The van der Waals surface area contributed by atoms with Crippen LogP contribution in [-0.2, 0) is 0 Å². The lowest BCUT2D eigenvalue weighted by Gasteiger charge is -2.42. The SMILES string of the molecule is CNc1nccc(C(=O)N2CCN(C(C)(C)C)CC2)c1F. The molecule has 5 nitrogen and oxygen atoms in total. The molecule has 0 aromatic carbocycles. The van der Waals surface area contributed by atoms with Gasteiger partial charge in [0.1, 0.15) is 0 Å². The van der Waals surface area contributed by atoms with E-state index in [-0.39, 0.29) is 22.8 Å². The summed E-state index contributed by atoms with van der Waals surface area (Å²) < 4.78 is 14.2. The first-order valence-electron chi connectivity index (χ1n) is 7.21. The largest absolute Gasteiger partial charge is 0.371 e. The van der Waals surface area contributed by atoms with Crippen molar-refractivity contribution in [3.05, 3.63) is 23.6 Å². The van der Waals surface area contributed by atoms with Crippen LogP contribution in [0, 0.1) is 5.82 Å². The Hall–Kier alpha value is -1.69. The average molecular weight is 294 g/mol. The van der Waals surface area contributed by atoms with Gasteiger partial charge in [-0.15, -0.1) is 0 Å². The van der Waals surface area contributed by atoms with Crippen LogP contribution in [0.15, 0.2) is 12.3 Å². The van der Waals surface area contributed by atoms with Crippen LogP contribution in [0.3, 0.4) is 0 Å². The van der Waals surface area contributed by atoms with Crippen molar-refractivity contribution in [1.29, 1.82) is 0 Å². The summed E-state index contributed by atoms with van der Waals surface area (Å²) in [5.74, 6) is -0.739. The van der Waals surface area contributed by atoms with Crippen LogP contribution in [0.25, 0.3) is 0 Å². The molecule has 6 heteroatoms. The maximum Gasteiger partial charge on any atom is 0.257 e. The zero-order valence-corrected chi connectivity index (χ0v) is 13.1. The fourth-order valence-electron chi connectivity index (χ4n) is 2.53. The van der Waals surface area contributed by atoms with Crippen molar-refractivity contribution in [3.8, 4) is 0 Å². The molecule has 1 aliphatic heterocycles. The van der Waals surface area contributed by atoms with E-state index < -0.39 is 5.82 Å². The lowest BCUT2D eigenvalue weighted by atomic mass is 10.0. The molecule has 2 rings (SSSR count). The molecule has 1 N–H and O–H groups in total. The van der Waals surface area contributed by atoms with E-state index in [1.807, 2.05) is 0 Å². The van der Waals surface area contributed by atoms with Crippen molar-refractivity contribution >= 4 is 11.7 Å². The summed E-state index contributed by atoms with van der Waals surface area (Å²) >= 11 is 0. The summed E-state index contributed by atoms with van der Waals surface area (Å²) in [6, 6.07) is 1.44. The average Bonchev–Trinajstić information content (AvgIpc) is 2.46. The van der Waals surface area contributed by atoms with Gasteiger partial charge in [0.25, 0.3) is 5.91 Å². The van der Waals surface area contributed by atoms with Crippen molar-refractivity contribution in [1.82, 2.24) is 14.8 Å². The zero-order chi connectivity index (χ0) is 15.6. The van der Waals surface area contributed by atoms with Gasteiger partial charge in [-0.05, 0) is 26.8 Å². The van der Waals surface area contributed by atoms with Crippen LogP contribution in [0.2, 0.25) is 0 Å². The Bertz CT molecular complexity index is 519. The minimum Gasteiger partial charge on any atom is -0.371 e. The first kappa shape index (κ1) is 15.7. The Kier molecular flexibility index (Phi) is 4.46. The molecular weight excluding hydrogens is 271 g/mol. The molecule has 2 heterocycles. The monoisotopic (exact) mass is 294 g/mol. The van der Waals surface area contributed by atoms with Crippen molar-refractivity contribution in [2.45, 2.75) is 26.3 Å². The van der Waals surface area contributed by atoms with Crippen LogP contribution in [0.1, 0.15) is 31.1 Å². The number of nitrogens with one attached hydrogen (secondary N) is 1. The van der Waals surface area contributed by atoms with Gasteiger partial charge in [0, 0.05) is 45.0 Å². The Morgan fingerprint density at radius 3 is 2.43 bits per heavy atom. The number of carbonyl (C=O) groups is 1. The van der Waals surface area contributed by atoms with Gasteiger partial charge in [0.2, 0.25) is 0 Å². The third-order valence-electron chi connectivity index (χ3n) is 3.87. The van der Waals surface area contributed by atoms with Crippen molar-refractivity contribution in [2.75, 3.05) is 38.5 Å². The summed E-state index contributed by atoms with van der Waals surface area (Å²) in [6.07, 6.45) is 1.45. The van der Waals surface area contributed by atoms with E-state index >= 15 is 0 Å². The third kappa shape index (κ3) is 3.32. The number of rotatable bonds is 2. The summed E-state index contributed by atoms with van der Waals surface area (Å²) in [4.78, 5) is 20.4. The lowest BCUT2D eigenvalue weighted by molar-refractivity contribution is 0.0447. The Morgan fingerprint density at radius 1 is 1.29 bits per heavy atom. The van der Waals surface area contributed by atoms with E-state index in [0.29, 0.717) is 13.1 Å². The maximum absolute atomic E-state index is 14.2. The van der Waals surface area contributed by atoms with Gasteiger partial charge in [-0.2, -0.15) is 0 Å².